The smallest absolute Gasteiger partial charge is 0.338 e. The predicted octanol–water partition coefficient (Wildman–Crippen LogP) is 5.58. The number of esters is 1. The van der Waals surface area contributed by atoms with E-state index in [4.69, 9.17) is 9.15 Å². The fourth-order valence-electron chi connectivity index (χ4n) is 3.40. The van der Waals surface area contributed by atoms with Gasteiger partial charge in [0.2, 0.25) is 5.91 Å². The Kier molecular flexibility index (Phi) is 5.53. The Labute approximate surface area is 174 Å². The van der Waals surface area contributed by atoms with Crippen molar-refractivity contribution in [2.45, 2.75) is 20.3 Å². The molecule has 5 heteroatoms. The van der Waals surface area contributed by atoms with Crippen LogP contribution >= 0.6 is 0 Å². The number of fused-ring (bicyclic) bond motifs is 3. The van der Waals surface area contributed by atoms with Gasteiger partial charge in [-0.05, 0) is 47.0 Å². The Morgan fingerprint density at radius 1 is 1.00 bits per heavy atom. The van der Waals surface area contributed by atoms with Crippen molar-refractivity contribution in [1.82, 2.24) is 0 Å². The van der Waals surface area contributed by atoms with Gasteiger partial charge in [-0.1, -0.05) is 44.2 Å². The Morgan fingerprint density at radius 3 is 2.53 bits per heavy atom. The van der Waals surface area contributed by atoms with E-state index >= 15 is 0 Å². The van der Waals surface area contributed by atoms with Crippen LogP contribution in [0.2, 0.25) is 0 Å². The zero-order valence-electron chi connectivity index (χ0n) is 17.0. The van der Waals surface area contributed by atoms with Gasteiger partial charge < -0.3 is 14.5 Å². The van der Waals surface area contributed by atoms with Crippen molar-refractivity contribution >= 4 is 39.3 Å². The molecule has 0 saturated carbocycles. The van der Waals surface area contributed by atoms with Crippen LogP contribution in [0, 0.1) is 5.92 Å². The van der Waals surface area contributed by atoms with Crippen LogP contribution in [0.5, 0.6) is 0 Å². The van der Waals surface area contributed by atoms with Gasteiger partial charge in [-0.15, -0.1) is 0 Å². The average Bonchev–Trinajstić information content (AvgIpc) is 3.15. The molecule has 0 radical (unpaired) electrons. The van der Waals surface area contributed by atoms with E-state index in [0.29, 0.717) is 17.9 Å². The molecule has 0 bridgehead atoms. The van der Waals surface area contributed by atoms with Crippen LogP contribution in [0.15, 0.2) is 71.3 Å². The fourth-order valence-corrected chi connectivity index (χ4v) is 3.40. The molecule has 152 valence electrons. The van der Waals surface area contributed by atoms with E-state index in [0.717, 1.165) is 27.3 Å². The molecule has 1 amide bonds. The van der Waals surface area contributed by atoms with Gasteiger partial charge >= 0.3 is 5.97 Å². The van der Waals surface area contributed by atoms with Gasteiger partial charge in [0.05, 0.1) is 24.9 Å². The van der Waals surface area contributed by atoms with Crippen LogP contribution < -0.4 is 5.32 Å². The summed E-state index contributed by atoms with van der Waals surface area (Å²) in [4.78, 5) is 24.6. The SMILES string of the molecule is CC(C)COC(=O)c1ccc(NC(=O)Cc2coc3ccc4ccccc4c23)cc1. The molecule has 0 saturated heterocycles. The molecule has 0 atom stereocenters. The van der Waals surface area contributed by atoms with Crippen molar-refractivity contribution in [3.63, 3.8) is 0 Å². The Morgan fingerprint density at radius 2 is 1.77 bits per heavy atom. The monoisotopic (exact) mass is 401 g/mol. The maximum absolute atomic E-state index is 12.6. The summed E-state index contributed by atoms with van der Waals surface area (Å²) in [6.07, 6.45) is 1.84. The van der Waals surface area contributed by atoms with E-state index in [1.807, 2.05) is 50.2 Å². The molecule has 1 aromatic heterocycles. The highest BCUT2D eigenvalue weighted by atomic mass is 16.5. The third kappa shape index (κ3) is 4.20. The van der Waals surface area contributed by atoms with E-state index in [9.17, 15) is 9.59 Å². The molecule has 0 aliphatic rings. The molecular formula is C25H23NO4. The molecule has 0 fully saturated rings. The normalized spacial score (nSPS) is 11.2. The standard InChI is InChI=1S/C25H23NO4/c1-16(2)14-30-25(28)18-7-10-20(11-8-18)26-23(27)13-19-15-29-22-12-9-17-5-3-4-6-21(17)24(19)22/h3-12,15-16H,13-14H2,1-2H3,(H,26,27). The average molecular weight is 401 g/mol. The molecule has 4 rings (SSSR count). The van der Waals surface area contributed by atoms with E-state index in [-0.39, 0.29) is 24.2 Å². The molecule has 4 aromatic rings. The number of ether oxygens (including phenoxy) is 1. The number of carbonyl (C=O) groups is 2. The topological polar surface area (TPSA) is 68.5 Å². The summed E-state index contributed by atoms with van der Waals surface area (Å²) in [6, 6.07) is 18.7. The Bertz CT molecular complexity index is 1210. The first kappa shape index (κ1) is 19.7. The summed E-state index contributed by atoms with van der Waals surface area (Å²) in [5.74, 6) is -0.234. The van der Waals surface area contributed by atoms with Crippen LogP contribution in [-0.2, 0) is 16.0 Å². The lowest BCUT2D eigenvalue weighted by Crippen LogP contribution is -2.14. The summed E-state index contributed by atoms with van der Waals surface area (Å²) in [6.45, 7) is 4.35. The molecule has 0 unspecified atom stereocenters. The first-order valence-corrected chi connectivity index (χ1v) is 9.96. The second-order valence-corrected chi connectivity index (χ2v) is 7.72. The zero-order valence-corrected chi connectivity index (χ0v) is 17.0. The van der Waals surface area contributed by atoms with Gasteiger partial charge in [0, 0.05) is 16.6 Å². The lowest BCUT2D eigenvalue weighted by atomic mass is 10.0. The highest BCUT2D eigenvalue weighted by molar-refractivity contribution is 6.09. The number of benzene rings is 3. The number of anilines is 1. The van der Waals surface area contributed by atoms with E-state index in [1.54, 1.807) is 30.5 Å². The molecule has 3 aromatic carbocycles. The lowest BCUT2D eigenvalue weighted by molar-refractivity contribution is -0.115. The molecule has 0 spiro atoms. The molecule has 0 aliphatic carbocycles. The van der Waals surface area contributed by atoms with Gasteiger partial charge in [-0.3, -0.25) is 4.79 Å². The van der Waals surface area contributed by atoms with Crippen molar-refractivity contribution in [2.24, 2.45) is 5.92 Å². The minimum atomic E-state index is -0.363. The predicted molar refractivity (Wildman–Crippen MR) is 118 cm³/mol. The third-order valence-electron chi connectivity index (χ3n) is 4.84. The van der Waals surface area contributed by atoms with Crippen molar-refractivity contribution in [3.8, 4) is 0 Å². The molecule has 5 nitrogen and oxygen atoms in total. The van der Waals surface area contributed by atoms with Gasteiger partial charge in [-0.25, -0.2) is 4.79 Å². The van der Waals surface area contributed by atoms with Crippen LogP contribution in [0.3, 0.4) is 0 Å². The van der Waals surface area contributed by atoms with Crippen molar-refractivity contribution in [2.75, 3.05) is 11.9 Å². The van der Waals surface area contributed by atoms with Crippen molar-refractivity contribution < 1.29 is 18.7 Å². The number of nitrogens with one attached hydrogen (secondary N) is 1. The Hall–Kier alpha value is -3.60. The van der Waals surface area contributed by atoms with Crippen LogP contribution in [-0.4, -0.2) is 18.5 Å². The van der Waals surface area contributed by atoms with Crippen LogP contribution in [0.4, 0.5) is 5.69 Å². The second-order valence-electron chi connectivity index (χ2n) is 7.72. The molecule has 30 heavy (non-hydrogen) atoms. The van der Waals surface area contributed by atoms with E-state index in [2.05, 4.69) is 5.32 Å². The number of hydrogen-bond acceptors (Lipinski definition) is 4. The van der Waals surface area contributed by atoms with Crippen molar-refractivity contribution in [3.05, 3.63) is 78.1 Å². The second kappa shape index (κ2) is 8.41. The lowest BCUT2D eigenvalue weighted by Gasteiger charge is -2.08. The number of furan rings is 1. The third-order valence-corrected chi connectivity index (χ3v) is 4.84. The van der Waals surface area contributed by atoms with Gasteiger partial charge in [-0.2, -0.15) is 0 Å². The van der Waals surface area contributed by atoms with Gasteiger partial charge in [0.15, 0.2) is 0 Å². The summed E-state index contributed by atoms with van der Waals surface area (Å²) in [5.41, 5.74) is 2.69. The molecule has 0 aliphatic heterocycles. The highest BCUT2D eigenvalue weighted by Gasteiger charge is 2.14. The summed E-state index contributed by atoms with van der Waals surface area (Å²) in [7, 11) is 0. The minimum absolute atomic E-state index is 0.152. The largest absolute Gasteiger partial charge is 0.464 e. The van der Waals surface area contributed by atoms with Gasteiger partial charge in [0.25, 0.3) is 0 Å². The summed E-state index contributed by atoms with van der Waals surface area (Å²) < 4.78 is 10.9. The molecule has 1 heterocycles. The zero-order chi connectivity index (χ0) is 21.1. The maximum Gasteiger partial charge on any atom is 0.338 e. The minimum Gasteiger partial charge on any atom is -0.464 e. The Balaban J connectivity index is 1.46. The highest BCUT2D eigenvalue weighted by Crippen LogP contribution is 2.30. The van der Waals surface area contributed by atoms with E-state index < -0.39 is 0 Å². The number of carbonyl (C=O) groups excluding carboxylic acids is 2. The summed E-state index contributed by atoms with van der Waals surface area (Å²) in [5, 5.41) is 6.01. The number of rotatable bonds is 6. The fraction of sp³-hybridized carbons (Fsp3) is 0.200. The number of amides is 1. The first-order valence-electron chi connectivity index (χ1n) is 9.96. The van der Waals surface area contributed by atoms with E-state index in [1.165, 1.54) is 0 Å². The summed E-state index contributed by atoms with van der Waals surface area (Å²) >= 11 is 0. The van der Waals surface area contributed by atoms with Crippen LogP contribution in [0.25, 0.3) is 21.7 Å². The first-order chi connectivity index (χ1) is 14.5. The molecule has 1 N–H and O–H groups in total. The van der Waals surface area contributed by atoms with Crippen molar-refractivity contribution in [1.29, 1.82) is 0 Å². The number of hydrogen-bond donors (Lipinski definition) is 1. The quantitative estimate of drug-likeness (QED) is 0.428. The molecular weight excluding hydrogens is 378 g/mol. The van der Waals surface area contributed by atoms with Gasteiger partial charge in [0.1, 0.15) is 5.58 Å². The maximum atomic E-state index is 12.6. The van der Waals surface area contributed by atoms with Crippen LogP contribution in [0.1, 0.15) is 29.8 Å².